The van der Waals surface area contributed by atoms with Crippen molar-refractivity contribution in [3.63, 3.8) is 0 Å². The van der Waals surface area contributed by atoms with E-state index in [9.17, 15) is 0 Å². The zero-order valence-electron chi connectivity index (χ0n) is 7.14. The summed E-state index contributed by atoms with van der Waals surface area (Å²) in [5, 5.41) is 1.03. The van der Waals surface area contributed by atoms with Crippen molar-refractivity contribution in [3.8, 4) is 0 Å². The third-order valence-corrected chi connectivity index (χ3v) is 3.26. The van der Waals surface area contributed by atoms with Gasteiger partial charge in [0.2, 0.25) is 5.28 Å². The predicted octanol–water partition coefficient (Wildman–Crippen LogP) is 2.44. The zero-order chi connectivity index (χ0) is 9.97. The molecule has 2 rings (SSSR count). The van der Waals surface area contributed by atoms with Crippen molar-refractivity contribution in [3.05, 3.63) is 23.4 Å². The highest BCUT2D eigenvalue weighted by molar-refractivity contribution is 8.00. The van der Waals surface area contributed by atoms with E-state index in [0.29, 0.717) is 0 Å². The van der Waals surface area contributed by atoms with Crippen LogP contribution in [0.15, 0.2) is 21.6 Å². The molecule has 0 saturated heterocycles. The van der Waals surface area contributed by atoms with Gasteiger partial charge in [-0.25, -0.2) is 15.0 Å². The molecule has 0 unspecified atom stereocenters. The molecule has 4 nitrogen and oxygen atoms in total. The van der Waals surface area contributed by atoms with E-state index in [1.54, 1.807) is 12.3 Å². The number of hydrogen-bond acceptors (Lipinski definition) is 6. The van der Waals surface area contributed by atoms with Crippen LogP contribution in [-0.2, 0) is 0 Å². The first-order chi connectivity index (χ1) is 6.74. The first kappa shape index (κ1) is 9.82. The number of aromatic nitrogens is 4. The Morgan fingerprint density at radius 2 is 2.29 bits per heavy atom. The number of hydrogen-bond donors (Lipinski definition) is 0. The SMILES string of the molecule is Cc1nsc(Sc2ccnc(Cl)n2)n1. The number of halogens is 1. The summed E-state index contributed by atoms with van der Waals surface area (Å²) in [6, 6.07) is 1.78. The maximum atomic E-state index is 5.65. The van der Waals surface area contributed by atoms with Gasteiger partial charge in [-0.3, -0.25) is 0 Å². The van der Waals surface area contributed by atoms with Crippen LogP contribution in [0.5, 0.6) is 0 Å². The maximum absolute atomic E-state index is 5.65. The van der Waals surface area contributed by atoms with Crippen LogP contribution in [0.1, 0.15) is 5.82 Å². The van der Waals surface area contributed by atoms with Gasteiger partial charge in [-0.05, 0) is 47.9 Å². The first-order valence-electron chi connectivity index (χ1n) is 3.71. The van der Waals surface area contributed by atoms with Crippen molar-refractivity contribution >= 4 is 34.9 Å². The normalized spacial score (nSPS) is 10.4. The van der Waals surface area contributed by atoms with E-state index < -0.39 is 0 Å². The maximum Gasteiger partial charge on any atom is 0.223 e. The van der Waals surface area contributed by atoms with Crippen LogP contribution >= 0.6 is 34.9 Å². The first-order valence-corrected chi connectivity index (χ1v) is 5.67. The Morgan fingerprint density at radius 1 is 1.43 bits per heavy atom. The minimum atomic E-state index is 0.247. The molecule has 0 radical (unpaired) electrons. The van der Waals surface area contributed by atoms with Gasteiger partial charge in [-0.15, -0.1) is 0 Å². The van der Waals surface area contributed by atoms with Crippen molar-refractivity contribution in [2.45, 2.75) is 16.3 Å². The minimum Gasteiger partial charge on any atom is -0.226 e. The molecule has 0 aliphatic heterocycles. The van der Waals surface area contributed by atoms with E-state index in [-0.39, 0.29) is 5.28 Å². The van der Waals surface area contributed by atoms with Crippen molar-refractivity contribution in [2.75, 3.05) is 0 Å². The standard InChI is InChI=1S/C7H5ClN4S2/c1-4-10-7(14-12-4)13-5-2-3-9-6(8)11-5/h2-3H,1H3. The van der Waals surface area contributed by atoms with Gasteiger partial charge in [-0.2, -0.15) is 4.37 Å². The smallest absolute Gasteiger partial charge is 0.223 e. The summed E-state index contributed by atoms with van der Waals surface area (Å²) in [7, 11) is 0. The molecule has 0 bridgehead atoms. The Bertz CT molecular complexity index is 445. The van der Waals surface area contributed by atoms with Crippen LogP contribution in [0.25, 0.3) is 0 Å². The van der Waals surface area contributed by atoms with E-state index in [1.165, 1.54) is 23.3 Å². The lowest BCUT2D eigenvalue weighted by atomic mass is 10.7. The van der Waals surface area contributed by atoms with E-state index >= 15 is 0 Å². The third kappa shape index (κ3) is 2.40. The summed E-state index contributed by atoms with van der Waals surface area (Å²) in [5.41, 5.74) is 0. The van der Waals surface area contributed by atoms with Gasteiger partial charge in [0.1, 0.15) is 10.9 Å². The van der Waals surface area contributed by atoms with Crippen LogP contribution < -0.4 is 0 Å². The molecule has 72 valence electrons. The molecule has 0 atom stereocenters. The molecule has 2 heterocycles. The quantitative estimate of drug-likeness (QED) is 0.600. The Labute approximate surface area is 93.9 Å². The molecule has 7 heteroatoms. The van der Waals surface area contributed by atoms with Gasteiger partial charge >= 0.3 is 0 Å². The third-order valence-electron chi connectivity index (χ3n) is 1.30. The highest BCUT2D eigenvalue weighted by Crippen LogP contribution is 2.27. The molecule has 2 aromatic rings. The number of rotatable bonds is 2. The summed E-state index contributed by atoms with van der Waals surface area (Å²) < 4.78 is 4.93. The molecule has 0 fully saturated rings. The summed E-state index contributed by atoms with van der Waals surface area (Å²) >= 11 is 8.43. The van der Waals surface area contributed by atoms with Crippen LogP contribution in [-0.4, -0.2) is 19.3 Å². The lowest BCUT2D eigenvalue weighted by Gasteiger charge is -1.94. The Hall–Kier alpha value is -0.720. The van der Waals surface area contributed by atoms with Gasteiger partial charge in [0.25, 0.3) is 0 Å². The van der Waals surface area contributed by atoms with Gasteiger partial charge in [-0.1, -0.05) is 0 Å². The monoisotopic (exact) mass is 244 g/mol. The molecule has 0 aliphatic carbocycles. The van der Waals surface area contributed by atoms with Gasteiger partial charge < -0.3 is 0 Å². The second kappa shape index (κ2) is 4.20. The second-order valence-corrected chi connectivity index (χ2v) is 4.73. The summed E-state index contributed by atoms with van der Waals surface area (Å²) in [6.07, 6.45) is 1.62. The van der Waals surface area contributed by atoms with E-state index in [4.69, 9.17) is 11.6 Å². The highest BCUT2D eigenvalue weighted by Gasteiger charge is 2.04. The summed E-state index contributed by atoms with van der Waals surface area (Å²) in [4.78, 5) is 12.0. The topological polar surface area (TPSA) is 51.6 Å². The minimum absolute atomic E-state index is 0.247. The number of nitrogens with zero attached hydrogens (tertiary/aromatic N) is 4. The molecule has 0 aromatic carbocycles. The average Bonchev–Trinajstić information content (AvgIpc) is 2.51. The fourth-order valence-corrected chi connectivity index (χ4v) is 2.54. The molecule has 2 aromatic heterocycles. The molecule has 0 saturated carbocycles. The van der Waals surface area contributed by atoms with Gasteiger partial charge in [0.15, 0.2) is 4.34 Å². The van der Waals surface area contributed by atoms with Crippen LogP contribution in [0.2, 0.25) is 5.28 Å². The number of aryl methyl sites for hydroxylation is 1. The Balaban J connectivity index is 2.18. The molecule has 0 amide bonds. The molecular formula is C7H5ClN4S2. The van der Waals surface area contributed by atoms with Crippen molar-refractivity contribution < 1.29 is 0 Å². The van der Waals surface area contributed by atoms with Crippen molar-refractivity contribution in [2.24, 2.45) is 0 Å². The van der Waals surface area contributed by atoms with Crippen LogP contribution in [0.3, 0.4) is 0 Å². The van der Waals surface area contributed by atoms with Gasteiger partial charge in [0, 0.05) is 6.20 Å². The van der Waals surface area contributed by atoms with E-state index in [0.717, 1.165) is 15.2 Å². The second-order valence-electron chi connectivity index (χ2n) is 2.37. The molecule has 0 N–H and O–H groups in total. The predicted molar refractivity (Wildman–Crippen MR) is 55.8 cm³/mol. The van der Waals surface area contributed by atoms with Crippen LogP contribution in [0.4, 0.5) is 0 Å². The molecular weight excluding hydrogens is 240 g/mol. The fourth-order valence-electron chi connectivity index (χ4n) is 0.785. The van der Waals surface area contributed by atoms with E-state index in [2.05, 4.69) is 19.3 Å². The summed E-state index contributed by atoms with van der Waals surface area (Å²) in [5.74, 6) is 0.776. The molecule has 0 spiro atoms. The lowest BCUT2D eigenvalue weighted by Crippen LogP contribution is -1.83. The lowest BCUT2D eigenvalue weighted by molar-refractivity contribution is 1.04. The van der Waals surface area contributed by atoms with E-state index in [1.807, 2.05) is 6.92 Å². The van der Waals surface area contributed by atoms with Crippen molar-refractivity contribution in [1.29, 1.82) is 0 Å². The fraction of sp³-hybridized carbons (Fsp3) is 0.143. The Kier molecular flexibility index (Phi) is 2.95. The van der Waals surface area contributed by atoms with Crippen molar-refractivity contribution in [1.82, 2.24) is 19.3 Å². The van der Waals surface area contributed by atoms with Gasteiger partial charge in [0.05, 0.1) is 0 Å². The van der Waals surface area contributed by atoms with Crippen LogP contribution in [0, 0.1) is 6.92 Å². The highest BCUT2D eigenvalue weighted by atomic mass is 35.5. The molecule has 0 aliphatic rings. The largest absolute Gasteiger partial charge is 0.226 e. The average molecular weight is 245 g/mol. The molecule has 14 heavy (non-hydrogen) atoms. The Morgan fingerprint density at radius 3 is 2.93 bits per heavy atom. The zero-order valence-corrected chi connectivity index (χ0v) is 9.53. The summed E-state index contributed by atoms with van der Waals surface area (Å²) in [6.45, 7) is 1.85.